The highest BCUT2D eigenvalue weighted by atomic mass is 16.5. The predicted octanol–water partition coefficient (Wildman–Crippen LogP) is 1.97. The molecule has 2 rings (SSSR count). The SMILES string of the molecule is CC.COc1cc(Cc2cnc(N)nc2N)ccc1O. The number of phenolic OH excluding ortho intramolecular Hbond substituents is 1. The summed E-state index contributed by atoms with van der Waals surface area (Å²) >= 11 is 0. The number of benzene rings is 1. The van der Waals surface area contributed by atoms with Gasteiger partial charge in [0.05, 0.1) is 7.11 Å². The van der Waals surface area contributed by atoms with Gasteiger partial charge in [-0.1, -0.05) is 19.9 Å². The number of phenols is 1. The number of hydrogen-bond acceptors (Lipinski definition) is 6. The summed E-state index contributed by atoms with van der Waals surface area (Å²) in [6, 6.07) is 5.10. The third-order valence-electron chi connectivity index (χ3n) is 2.56. The van der Waals surface area contributed by atoms with Crippen molar-refractivity contribution in [2.75, 3.05) is 18.6 Å². The standard InChI is InChI=1S/C12H14N4O2.C2H6/c1-18-10-5-7(2-3-9(10)17)4-8-6-15-12(14)16-11(8)13;1-2/h2-3,5-6,17H,4H2,1H3,(H4,13,14,15,16);1-2H3. The monoisotopic (exact) mass is 276 g/mol. The number of nitrogens with two attached hydrogens (primary N) is 2. The van der Waals surface area contributed by atoms with E-state index in [2.05, 4.69) is 9.97 Å². The second-order valence-electron chi connectivity index (χ2n) is 3.82. The summed E-state index contributed by atoms with van der Waals surface area (Å²) in [6.07, 6.45) is 2.14. The molecule has 1 aromatic heterocycles. The molecule has 1 heterocycles. The lowest BCUT2D eigenvalue weighted by molar-refractivity contribution is 0.373. The molecule has 0 aliphatic carbocycles. The first-order valence-corrected chi connectivity index (χ1v) is 6.33. The highest BCUT2D eigenvalue weighted by molar-refractivity contribution is 5.47. The molecule has 0 aliphatic rings. The molecule has 5 N–H and O–H groups in total. The quantitative estimate of drug-likeness (QED) is 0.791. The van der Waals surface area contributed by atoms with Crippen LogP contribution in [0.4, 0.5) is 11.8 Å². The van der Waals surface area contributed by atoms with Crippen molar-refractivity contribution in [3.05, 3.63) is 35.5 Å². The van der Waals surface area contributed by atoms with Crippen molar-refractivity contribution in [2.45, 2.75) is 20.3 Å². The van der Waals surface area contributed by atoms with Gasteiger partial charge in [0.2, 0.25) is 5.95 Å². The van der Waals surface area contributed by atoms with Crippen LogP contribution in [0.15, 0.2) is 24.4 Å². The molecule has 0 radical (unpaired) electrons. The number of methoxy groups -OCH3 is 1. The Morgan fingerprint density at radius 3 is 2.55 bits per heavy atom. The van der Waals surface area contributed by atoms with E-state index in [4.69, 9.17) is 16.2 Å². The van der Waals surface area contributed by atoms with Gasteiger partial charge in [0.1, 0.15) is 5.82 Å². The van der Waals surface area contributed by atoms with E-state index in [1.165, 1.54) is 7.11 Å². The number of ether oxygens (including phenoxy) is 1. The Morgan fingerprint density at radius 2 is 1.95 bits per heavy atom. The van der Waals surface area contributed by atoms with Gasteiger partial charge in [-0.05, 0) is 17.7 Å². The molecule has 0 bridgehead atoms. The number of hydrogen-bond donors (Lipinski definition) is 3. The van der Waals surface area contributed by atoms with E-state index in [1.807, 2.05) is 13.8 Å². The lowest BCUT2D eigenvalue weighted by atomic mass is 10.1. The Kier molecular flexibility index (Phi) is 5.58. The maximum Gasteiger partial charge on any atom is 0.221 e. The fraction of sp³-hybridized carbons (Fsp3) is 0.286. The molecule has 0 amide bonds. The van der Waals surface area contributed by atoms with Crippen LogP contribution in [0, 0.1) is 0 Å². The van der Waals surface area contributed by atoms with Crippen molar-refractivity contribution in [3.63, 3.8) is 0 Å². The van der Waals surface area contributed by atoms with E-state index in [0.29, 0.717) is 18.0 Å². The number of anilines is 2. The zero-order valence-electron chi connectivity index (χ0n) is 11.9. The van der Waals surface area contributed by atoms with Crippen LogP contribution in [0.25, 0.3) is 0 Å². The van der Waals surface area contributed by atoms with E-state index in [0.717, 1.165) is 11.1 Å². The van der Waals surface area contributed by atoms with Gasteiger partial charge >= 0.3 is 0 Å². The smallest absolute Gasteiger partial charge is 0.221 e. The molecule has 0 fully saturated rings. The lowest BCUT2D eigenvalue weighted by Crippen LogP contribution is -2.04. The first-order valence-electron chi connectivity index (χ1n) is 6.33. The van der Waals surface area contributed by atoms with E-state index in [1.54, 1.807) is 24.4 Å². The molecule has 6 heteroatoms. The third-order valence-corrected chi connectivity index (χ3v) is 2.56. The second kappa shape index (κ2) is 7.18. The van der Waals surface area contributed by atoms with Gasteiger partial charge in [0.25, 0.3) is 0 Å². The first kappa shape index (κ1) is 15.6. The number of aromatic hydroxyl groups is 1. The molecule has 0 saturated carbocycles. The van der Waals surface area contributed by atoms with Crippen molar-refractivity contribution >= 4 is 11.8 Å². The molecule has 0 spiro atoms. The van der Waals surface area contributed by atoms with Crippen LogP contribution in [0.3, 0.4) is 0 Å². The zero-order valence-corrected chi connectivity index (χ0v) is 11.9. The van der Waals surface area contributed by atoms with E-state index < -0.39 is 0 Å². The van der Waals surface area contributed by atoms with Crippen LogP contribution in [0.5, 0.6) is 11.5 Å². The van der Waals surface area contributed by atoms with Crippen molar-refractivity contribution in [3.8, 4) is 11.5 Å². The minimum absolute atomic E-state index is 0.0998. The summed E-state index contributed by atoms with van der Waals surface area (Å²) in [4.78, 5) is 7.80. The summed E-state index contributed by atoms with van der Waals surface area (Å²) < 4.78 is 5.04. The number of aromatic nitrogens is 2. The van der Waals surface area contributed by atoms with Crippen LogP contribution in [0.1, 0.15) is 25.0 Å². The van der Waals surface area contributed by atoms with Gasteiger partial charge in [-0.2, -0.15) is 4.98 Å². The van der Waals surface area contributed by atoms with Crippen molar-refractivity contribution in [1.82, 2.24) is 9.97 Å². The van der Waals surface area contributed by atoms with Crippen molar-refractivity contribution < 1.29 is 9.84 Å². The molecule has 6 nitrogen and oxygen atoms in total. The van der Waals surface area contributed by atoms with Crippen LogP contribution in [0.2, 0.25) is 0 Å². The number of nitrogen functional groups attached to an aromatic ring is 2. The van der Waals surface area contributed by atoms with Gasteiger partial charge in [0.15, 0.2) is 11.5 Å². The van der Waals surface area contributed by atoms with E-state index in [9.17, 15) is 5.11 Å². The average molecular weight is 276 g/mol. The summed E-state index contributed by atoms with van der Waals surface area (Å²) in [5.41, 5.74) is 12.9. The molecule has 1 aromatic carbocycles. The van der Waals surface area contributed by atoms with Crippen LogP contribution < -0.4 is 16.2 Å². The van der Waals surface area contributed by atoms with Gasteiger partial charge in [0, 0.05) is 18.2 Å². The van der Waals surface area contributed by atoms with Gasteiger partial charge in [-0.3, -0.25) is 0 Å². The number of nitrogens with zero attached hydrogens (tertiary/aromatic N) is 2. The van der Waals surface area contributed by atoms with Crippen molar-refractivity contribution in [1.29, 1.82) is 0 Å². The Bertz CT molecular complexity index is 573. The summed E-state index contributed by atoms with van der Waals surface area (Å²) in [7, 11) is 1.50. The number of rotatable bonds is 3. The molecular weight excluding hydrogens is 256 g/mol. The van der Waals surface area contributed by atoms with Gasteiger partial charge in [-0.15, -0.1) is 0 Å². The molecule has 0 unspecified atom stereocenters. The first-order chi connectivity index (χ1) is 9.60. The molecule has 0 saturated heterocycles. The van der Waals surface area contributed by atoms with Crippen molar-refractivity contribution in [2.24, 2.45) is 0 Å². The minimum atomic E-state index is 0.0998. The third kappa shape index (κ3) is 3.74. The van der Waals surface area contributed by atoms with Crippen LogP contribution >= 0.6 is 0 Å². The molecule has 0 atom stereocenters. The fourth-order valence-electron chi connectivity index (χ4n) is 1.62. The van der Waals surface area contributed by atoms with Crippen LogP contribution in [-0.2, 0) is 6.42 Å². The van der Waals surface area contributed by atoms with E-state index >= 15 is 0 Å². The maximum atomic E-state index is 9.50. The normalized spacial score (nSPS) is 9.55. The minimum Gasteiger partial charge on any atom is -0.504 e. The second-order valence-corrected chi connectivity index (χ2v) is 3.82. The largest absolute Gasteiger partial charge is 0.504 e. The molecule has 108 valence electrons. The summed E-state index contributed by atoms with van der Waals surface area (Å²) in [6.45, 7) is 4.00. The highest BCUT2D eigenvalue weighted by Gasteiger charge is 2.07. The highest BCUT2D eigenvalue weighted by Crippen LogP contribution is 2.27. The van der Waals surface area contributed by atoms with Crippen LogP contribution in [-0.4, -0.2) is 22.2 Å². The molecule has 20 heavy (non-hydrogen) atoms. The topological polar surface area (TPSA) is 107 Å². The van der Waals surface area contributed by atoms with Gasteiger partial charge < -0.3 is 21.3 Å². The Labute approximate surface area is 118 Å². The Hall–Kier alpha value is -2.50. The molecule has 0 aliphatic heterocycles. The summed E-state index contributed by atoms with van der Waals surface area (Å²) in [5, 5.41) is 9.50. The molecular formula is C14H20N4O2. The van der Waals surface area contributed by atoms with Gasteiger partial charge in [-0.25, -0.2) is 4.98 Å². The zero-order chi connectivity index (χ0) is 15.1. The fourth-order valence-corrected chi connectivity index (χ4v) is 1.62. The average Bonchev–Trinajstić information content (AvgIpc) is 2.46. The maximum absolute atomic E-state index is 9.50. The Morgan fingerprint density at radius 1 is 1.25 bits per heavy atom. The predicted molar refractivity (Wildman–Crippen MR) is 79.7 cm³/mol. The summed E-state index contributed by atoms with van der Waals surface area (Å²) in [5.74, 6) is 1.03. The Balaban J connectivity index is 0.000000956. The lowest BCUT2D eigenvalue weighted by Gasteiger charge is -2.08. The molecule has 2 aromatic rings. The van der Waals surface area contributed by atoms with E-state index in [-0.39, 0.29) is 11.7 Å².